The number of amides is 1. The van der Waals surface area contributed by atoms with Crippen LogP contribution in [0.2, 0.25) is 0 Å². The Kier molecular flexibility index (Phi) is 12.0. The Morgan fingerprint density at radius 3 is 2.57 bits per heavy atom. The quantitative estimate of drug-likeness (QED) is 0.0730. The van der Waals surface area contributed by atoms with Crippen molar-refractivity contribution >= 4 is 29.4 Å². The minimum Gasteiger partial charge on any atom is -0.498 e. The SMILES string of the molecule is NC1NC(=O)C2NCN(c3ccccc3C3C(CCO)=COCC4OC(Oc5c3cc3c(c5OCC(O)CC=O)C(=O)c5cc(CO)ccc5C3=O)C3(O)C(CO)CCC4(O)C3O)C2N1. The van der Waals surface area contributed by atoms with Crippen molar-refractivity contribution in [2.45, 2.75) is 92.5 Å². The van der Waals surface area contributed by atoms with E-state index in [4.69, 9.17) is 24.7 Å². The topological polar surface area (TPSA) is 312 Å². The van der Waals surface area contributed by atoms with Crippen LogP contribution in [0.4, 0.5) is 5.69 Å². The molecule has 0 radical (unpaired) electrons. The third-order valence-corrected chi connectivity index (χ3v) is 13.6. The number of carbonyl (C=O) groups excluding carboxylic acids is 4. The lowest BCUT2D eigenvalue weighted by atomic mass is 9.62. The maximum absolute atomic E-state index is 14.9. The molecule has 4 heterocycles. The van der Waals surface area contributed by atoms with Crippen molar-refractivity contribution in [2.24, 2.45) is 11.7 Å². The number of anilines is 1. The molecule has 11 unspecified atom stereocenters. The smallest absolute Gasteiger partial charge is 0.242 e. The molecular formula is C45H51N5O15. The molecule has 0 aromatic heterocycles. The summed E-state index contributed by atoms with van der Waals surface area (Å²) in [7, 11) is 0. The molecule has 2 aliphatic carbocycles. The second kappa shape index (κ2) is 17.5. The van der Waals surface area contributed by atoms with E-state index >= 15 is 0 Å². The van der Waals surface area contributed by atoms with Crippen LogP contribution in [0.5, 0.6) is 11.5 Å². The lowest BCUT2D eigenvalue weighted by Gasteiger charge is -2.59. The van der Waals surface area contributed by atoms with E-state index in [2.05, 4.69) is 16.0 Å². The standard InChI is InChI=1S/C45H51N5O15/c46-43-48-39-34(40(58)49-43)47-20-50(39)30-4-2-1-3-26(30)32-22(8-11-51)17-62-19-31-44(60)10-7-23(16-54)45(61,41(44)59)42(64-31)65-37-29(32)14-28-33(38(37)63-18-24(55)9-12-52)36(57)27-13-21(15-53)5-6-25(27)35(28)56/h1-6,12-14,17,23-24,31-32,34,39,41-43,47-48,51,53-55,59-61H,7-11,15-16,18-20,46H2,(H,49,58). The van der Waals surface area contributed by atoms with Gasteiger partial charge in [0, 0.05) is 59.4 Å². The van der Waals surface area contributed by atoms with Crippen molar-refractivity contribution in [1.82, 2.24) is 16.0 Å². The maximum Gasteiger partial charge on any atom is 0.242 e. The Labute approximate surface area is 371 Å². The molecule has 3 saturated heterocycles. The van der Waals surface area contributed by atoms with Crippen molar-refractivity contribution in [3.63, 3.8) is 0 Å². The monoisotopic (exact) mass is 901 g/mol. The number of nitrogens with zero attached hydrogens (tertiary/aromatic N) is 1. The van der Waals surface area contributed by atoms with Gasteiger partial charge in [0.05, 0.1) is 31.2 Å². The number of hydrogen-bond acceptors (Lipinski definition) is 19. The van der Waals surface area contributed by atoms with Crippen LogP contribution < -0.4 is 36.1 Å². The van der Waals surface area contributed by atoms with E-state index in [1.165, 1.54) is 30.5 Å². The Bertz CT molecular complexity index is 2430. The van der Waals surface area contributed by atoms with E-state index in [0.717, 1.165) is 0 Å². The number of fused-ring (bicyclic) bond motifs is 10. The molecule has 4 aliphatic heterocycles. The molecule has 20 nitrogen and oxygen atoms in total. The first-order valence-corrected chi connectivity index (χ1v) is 21.5. The van der Waals surface area contributed by atoms with Crippen molar-refractivity contribution in [3.05, 3.63) is 99.3 Å². The number of para-hydroxylation sites is 1. The van der Waals surface area contributed by atoms with E-state index in [0.29, 0.717) is 28.7 Å². The Morgan fingerprint density at radius 1 is 1.02 bits per heavy atom. The van der Waals surface area contributed by atoms with Crippen LogP contribution in [-0.2, 0) is 25.7 Å². The molecule has 1 saturated carbocycles. The van der Waals surface area contributed by atoms with Gasteiger partial charge in [-0.1, -0.05) is 24.3 Å². The number of rotatable bonds is 11. The first-order chi connectivity index (χ1) is 31.3. The molecule has 1 amide bonds. The molecule has 65 heavy (non-hydrogen) atoms. The van der Waals surface area contributed by atoms with Gasteiger partial charge in [-0.25, -0.2) is 0 Å². The summed E-state index contributed by atoms with van der Waals surface area (Å²) in [6, 6.07) is 12.0. The average molecular weight is 902 g/mol. The minimum absolute atomic E-state index is 0.00111. The van der Waals surface area contributed by atoms with Crippen molar-refractivity contribution in [3.8, 4) is 11.5 Å². The molecule has 346 valence electrons. The largest absolute Gasteiger partial charge is 0.498 e. The number of hydrogen-bond donors (Lipinski definition) is 11. The van der Waals surface area contributed by atoms with Gasteiger partial charge in [0.2, 0.25) is 12.2 Å². The van der Waals surface area contributed by atoms with Gasteiger partial charge in [0.1, 0.15) is 55.8 Å². The van der Waals surface area contributed by atoms with E-state index in [9.17, 15) is 54.9 Å². The maximum atomic E-state index is 14.9. The van der Waals surface area contributed by atoms with E-state index in [1.807, 2.05) is 4.90 Å². The van der Waals surface area contributed by atoms with Crippen LogP contribution in [-0.4, -0.2) is 147 Å². The summed E-state index contributed by atoms with van der Waals surface area (Å²) >= 11 is 0. The van der Waals surface area contributed by atoms with Crippen LogP contribution in [0.1, 0.15) is 80.1 Å². The zero-order valence-corrected chi connectivity index (χ0v) is 35.0. The highest BCUT2D eigenvalue weighted by atomic mass is 16.7. The number of nitrogens with one attached hydrogen (secondary N) is 3. The van der Waals surface area contributed by atoms with Crippen molar-refractivity contribution < 1.29 is 73.9 Å². The van der Waals surface area contributed by atoms with Gasteiger partial charge in [-0.05, 0) is 60.2 Å². The predicted molar refractivity (Wildman–Crippen MR) is 224 cm³/mol. The Balaban J connectivity index is 1.35. The van der Waals surface area contributed by atoms with Crippen molar-refractivity contribution in [1.29, 1.82) is 0 Å². The van der Waals surface area contributed by atoms with E-state index in [1.54, 1.807) is 24.3 Å². The van der Waals surface area contributed by atoms with Crippen LogP contribution in [0, 0.1) is 5.92 Å². The summed E-state index contributed by atoms with van der Waals surface area (Å²) in [4.78, 5) is 56.3. The van der Waals surface area contributed by atoms with Gasteiger partial charge in [-0.3, -0.25) is 30.8 Å². The van der Waals surface area contributed by atoms with Crippen LogP contribution in [0.3, 0.4) is 0 Å². The predicted octanol–water partition coefficient (Wildman–Crippen LogP) is -1.94. The second-order valence-electron chi connectivity index (χ2n) is 17.3. The van der Waals surface area contributed by atoms with Crippen LogP contribution >= 0.6 is 0 Å². The number of aliphatic hydroxyl groups excluding tert-OH is 5. The number of benzene rings is 3. The fourth-order valence-electron chi connectivity index (χ4n) is 10.2. The molecule has 0 spiro atoms. The number of aldehydes is 1. The summed E-state index contributed by atoms with van der Waals surface area (Å²) in [6.07, 6.45) is -7.11. The fourth-order valence-corrected chi connectivity index (χ4v) is 10.2. The minimum atomic E-state index is -2.53. The molecule has 20 heteroatoms. The first kappa shape index (κ1) is 44.8. The van der Waals surface area contributed by atoms with Gasteiger partial charge in [-0.15, -0.1) is 0 Å². The van der Waals surface area contributed by atoms with Gasteiger partial charge >= 0.3 is 0 Å². The molecule has 9 rings (SSSR count). The lowest BCUT2D eigenvalue weighted by Crippen LogP contribution is -2.78. The van der Waals surface area contributed by atoms with E-state index < -0.39 is 116 Å². The summed E-state index contributed by atoms with van der Waals surface area (Å²) in [5.41, 5.74) is 2.69. The number of aliphatic hydroxyl groups is 7. The number of nitrogens with two attached hydrogens (primary N) is 1. The highest BCUT2D eigenvalue weighted by molar-refractivity contribution is 6.29. The molecule has 12 N–H and O–H groups in total. The molecule has 3 aromatic rings. The summed E-state index contributed by atoms with van der Waals surface area (Å²) in [5, 5.41) is 88.0. The molecule has 4 bridgehead atoms. The van der Waals surface area contributed by atoms with Gasteiger partial charge < -0.3 is 69.7 Å². The number of ether oxygens (including phenoxy) is 4. The zero-order valence-electron chi connectivity index (χ0n) is 35.0. The highest BCUT2D eigenvalue weighted by Crippen LogP contribution is 2.54. The Hall–Kier alpha value is -5.36. The Morgan fingerprint density at radius 2 is 1.82 bits per heavy atom. The first-order valence-electron chi connectivity index (χ1n) is 21.5. The zero-order chi connectivity index (χ0) is 45.9. The van der Waals surface area contributed by atoms with Gasteiger partial charge in [0.15, 0.2) is 28.7 Å². The molecule has 11 atom stereocenters. The summed E-state index contributed by atoms with van der Waals surface area (Å²) in [5.74, 6) is -4.76. The van der Waals surface area contributed by atoms with E-state index in [-0.39, 0.29) is 71.8 Å². The molecule has 3 aromatic carbocycles. The summed E-state index contributed by atoms with van der Waals surface area (Å²) < 4.78 is 25.7. The van der Waals surface area contributed by atoms with Gasteiger partial charge in [0.25, 0.3) is 0 Å². The molecule has 4 fully saturated rings. The van der Waals surface area contributed by atoms with Crippen LogP contribution in [0.15, 0.2) is 60.4 Å². The fraction of sp³-hybridized carbons (Fsp3) is 0.467. The molecular weight excluding hydrogens is 851 g/mol. The third kappa shape index (κ3) is 7.29. The lowest BCUT2D eigenvalue weighted by molar-refractivity contribution is -0.381. The summed E-state index contributed by atoms with van der Waals surface area (Å²) in [6.45, 7) is -2.48. The second-order valence-corrected chi connectivity index (χ2v) is 17.3. The third-order valence-electron chi connectivity index (χ3n) is 13.6. The van der Waals surface area contributed by atoms with Gasteiger partial charge in [-0.2, -0.15) is 0 Å². The molecule has 6 aliphatic rings. The average Bonchev–Trinajstić information content (AvgIpc) is 3.71. The van der Waals surface area contributed by atoms with Crippen LogP contribution in [0.25, 0.3) is 0 Å². The normalized spacial score (nSPS) is 32.0. The van der Waals surface area contributed by atoms with Crippen molar-refractivity contribution in [2.75, 3.05) is 38.0 Å². The number of ketones is 2. The number of carbonyl (C=O) groups is 4. The highest BCUT2D eigenvalue weighted by Gasteiger charge is 2.69.